The minimum atomic E-state index is -0.761. The number of allylic oxidation sites excluding steroid dienone is 2. The summed E-state index contributed by atoms with van der Waals surface area (Å²) in [5, 5.41) is 8.90. The lowest BCUT2D eigenvalue weighted by atomic mass is 9.61. The summed E-state index contributed by atoms with van der Waals surface area (Å²) in [6, 6.07) is 0. The Morgan fingerprint density at radius 1 is 1.05 bits per heavy atom. The van der Waals surface area contributed by atoms with Crippen LogP contribution in [0.5, 0.6) is 0 Å². The van der Waals surface area contributed by atoms with Gasteiger partial charge in [0.15, 0.2) is 12.6 Å². The van der Waals surface area contributed by atoms with Crippen LogP contribution in [0.15, 0.2) is 12.2 Å². The van der Waals surface area contributed by atoms with E-state index < -0.39 is 5.97 Å². The zero-order chi connectivity index (χ0) is 28.2. The largest absolute Gasteiger partial charge is 0.481 e. The number of carbonyl (C=O) groups is 2. The van der Waals surface area contributed by atoms with Crippen molar-refractivity contribution in [3.05, 3.63) is 12.2 Å². The van der Waals surface area contributed by atoms with Gasteiger partial charge in [-0.3, -0.25) is 9.59 Å². The summed E-state index contributed by atoms with van der Waals surface area (Å²) in [5.41, 5.74) is 0.238. The molecule has 2 aliphatic heterocycles. The van der Waals surface area contributed by atoms with Crippen molar-refractivity contribution in [3.63, 3.8) is 0 Å². The molecular weight excluding hydrogens is 508 g/mol. The van der Waals surface area contributed by atoms with Crippen LogP contribution < -0.4 is 0 Å². The van der Waals surface area contributed by atoms with Gasteiger partial charge in [-0.1, -0.05) is 38.3 Å². The molecule has 40 heavy (non-hydrogen) atoms. The molecule has 2 saturated heterocycles. The third-order valence-electron chi connectivity index (χ3n) is 9.87. The van der Waals surface area contributed by atoms with Crippen LogP contribution in [0.2, 0.25) is 0 Å². The van der Waals surface area contributed by atoms with E-state index in [0.29, 0.717) is 25.0 Å². The van der Waals surface area contributed by atoms with E-state index in [4.69, 9.17) is 24.1 Å². The average molecular weight is 563 g/mol. The SMILES string of the molecule is CCCCC1([C@@H](CC[C@H]2[C@H](OC3CCCCO3)CC(=O)[C@@H]2CC=CCCCC(=O)O)OC2CCCCO2)CCC1. The summed E-state index contributed by atoms with van der Waals surface area (Å²) < 4.78 is 25.3. The molecule has 4 aliphatic rings. The Balaban J connectivity index is 1.44. The average Bonchev–Trinajstić information content (AvgIpc) is 3.22. The summed E-state index contributed by atoms with van der Waals surface area (Å²) in [6.45, 7) is 3.79. The Kier molecular flexibility index (Phi) is 13.0. The predicted molar refractivity (Wildman–Crippen MR) is 154 cm³/mol. The number of ketones is 1. The first-order chi connectivity index (χ1) is 19.5. The van der Waals surface area contributed by atoms with Gasteiger partial charge in [0.25, 0.3) is 0 Å². The van der Waals surface area contributed by atoms with Gasteiger partial charge >= 0.3 is 5.97 Å². The number of rotatable bonds is 17. The van der Waals surface area contributed by atoms with E-state index >= 15 is 0 Å². The lowest BCUT2D eigenvalue weighted by Crippen LogP contribution is -2.46. The van der Waals surface area contributed by atoms with Crippen LogP contribution in [0.25, 0.3) is 0 Å². The van der Waals surface area contributed by atoms with Crippen molar-refractivity contribution in [1.82, 2.24) is 0 Å². The fraction of sp³-hybridized carbons (Fsp3) is 0.879. The highest BCUT2D eigenvalue weighted by molar-refractivity contribution is 5.84. The maximum atomic E-state index is 13.3. The molecule has 0 aromatic heterocycles. The molecule has 0 radical (unpaired) electrons. The number of carboxylic acids is 1. The van der Waals surface area contributed by atoms with Gasteiger partial charge in [-0.15, -0.1) is 0 Å². The van der Waals surface area contributed by atoms with Gasteiger partial charge in [-0.25, -0.2) is 0 Å². The van der Waals surface area contributed by atoms with E-state index in [1.807, 2.05) is 6.08 Å². The van der Waals surface area contributed by atoms with Crippen molar-refractivity contribution in [2.45, 2.75) is 154 Å². The quantitative estimate of drug-likeness (QED) is 0.146. The lowest BCUT2D eigenvalue weighted by molar-refractivity contribution is -0.228. The molecule has 2 heterocycles. The van der Waals surface area contributed by atoms with Crippen LogP contribution in [0.1, 0.15) is 129 Å². The maximum absolute atomic E-state index is 13.3. The highest BCUT2D eigenvalue weighted by atomic mass is 16.7. The number of ether oxygens (including phenoxy) is 4. The molecule has 7 nitrogen and oxygen atoms in total. The highest BCUT2D eigenvalue weighted by Crippen LogP contribution is 2.52. The second-order valence-corrected chi connectivity index (χ2v) is 12.7. The van der Waals surface area contributed by atoms with E-state index in [1.54, 1.807) is 0 Å². The smallest absolute Gasteiger partial charge is 0.303 e. The summed E-state index contributed by atoms with van der Waals surface area (Å²) in [4.78, 5) is 24.2. The number of Topliss-reactive ketones (excluding diaryl/α,β-unsaturated/α-hetero) is 1. The molecule has 2 aliphatic carbocycles. The number of hydrogen-bond donors (Lipinski definition) is 1. The first kappa shape index (κ1) is 31.7. The molecule has 2 saturated carbocycles. The fourth-order valence-electron chi connectivity index (χ4n) is 7.34. The van der Waals surface area contributed by atoms with Gasteiger partial charge in [-0.2, -0.15) is 0 Å². The minimum Gasteiger partial charge on any atom is -0.481 e. The molecule has 0 amide bonds. The van der Waals surface area contributed by atoms with Crippen LogP contribution in [-0.2, 0) is 28.5 Å². The third kappa shape index (κ3) is 9.11. The van der Waals surface area contributed by atoms with Crippen LogP contribution in [0.3, 0.4) is 0 Å². The Morgan fingerprint density at radius 3 is 2.42 bits per heavy atom. The molecular formula is C33H54O7. The summed E-state index contributed by atoms with van der Waals surface area (Å²) >= 11 is 0. The van der Waals surface area contributed by atoms with E-state index in [0.717, 1.165) is 71.0 Å². The van der Waals surface area contributed by atoms with Crippen molar-refractivity contribution in [3.8, 4) is 0 Å². The van der Waals surface area contributed by atoms with Crippen molar-refractivity contribution in [1.29, 1.82) is 0 Å². The number of carboxylic acid groups (broad SMARTS) is 1. The van der Waals surface area contributed by atoms with Crippen LogP contribution >= 0.6 is 0 Å². The molecule has 2 unspecified atom stereocenters. The first-order valence-electron chi connectivity index (χ1n) is 16.4. The minimum absolute atomic E-state index is 0.0659. The Morgan fingerprint density at radius 2 is 1.80 bits per heavy atom. The Bertz CT molecular complexity index is 795. The molecule has 4 rings (SSSR count). The van der Waals surface area contributed by atoms with Gasteiger partial charge in [0.2, 0.25) is 0 Å². The third-order valence-corrected chi connectivity index (χ3v) is 9.87. The van der Waals surface area contributed by atoms with Crippen LogP contribution in [0, 0.1) is 17.3 Å². The molecule has 4 fully saturated rings. The lowest BCUT2D eigenvalue weighted by Gasteiger charge is -2.49. The molecule has 0 spiro atoms. The van der Waals surface area contributed by atoms with Gasteiger partial charge in [0.05, 0.1) is 12.2 Å². The molecule has 0 bridgehead atoms. The van der Waals surface area contributed by atoms with Crippen molar-refractivity contribution < 1.29 is 33.6 Å². The Hall–Kier alpha value is -1.28. The second-order valence-electron chi connectivity index (χ2n) is 12.7. The zero-order valence-electron chi connectivity index (χ0n) is 24.9. The summed E-state index contributed by atoms with van der Waals surface area (Å²) in [7, 11) is 0. The highest BCUT2D eigenvalue weighted by Gasteiger charge is 2.48. The molecule has 1 N–H and O–H groups in total. The number of carbonyl (C=O) groups excluding carboxylic acids is 1. The number of aliphatic carboxylic acids is 1. The summed E-state index contributed by atoms with van der Waals surface area (Å²) in [5.74, 6) is -0.395. The number of hydrogen-bond acceptors (Lipinski definition) is 6. The topological polar surface area (TPSA) is 91.3 Å². The molecule has 0 aromatic rings. The van der Waals surface area contributed by atoms with Crippen molar-refractivity contribution in [2.75, 3.05) is 13.2 Å². The maximum Gasteiger partial charge on any atom is 0.303 e. The second kappa shape index (κ2) is 16.4. The van der Waals surface area contributed by atoms with Gasteiger partial charge < -0.3 is 24.1 Å². The zero-order valence-corrected chi connectivity index (χ0v) is 24.9. The Labute approximate surface area is 241 Å². The van der Waals surface area contributed by atoms with Crippen molar-refractivity contribution in [2.24, 2.45) is 17.3 Å². The van der Waals surface area contributed by atoms with Gasteiger partial charge in [-0.05, 0) is 101 Å². The summed E-state index contributed by atoms with van der Waals surface area (Å²) in [6.07, 6.45) is 22.1. The van der Waals surface area contributed by atoms with Gasteiger partial charge in [0, 0.05) is 32.0 Å². The number of unbranched alkanes of at least 4 members (excludes halogenated alkanes) is 2. The molecule has 7 heteroatoms. The van der Waals surface area contributed by atoms with E-state index in [-0.39, 0.29) is 48.5 Å². The van der Waals surface area contributed by atoms with Gasteiger partial charge in [0.1, 0.15) is 5.78 Å². The fourth-order valence-corrected chi connectivity index (χ4v) is 7.34. The van der Waals surface area contributed by atoms with E-state index in [9.17, 15) is 9.59 Å². The van der Waals surface area contributed by atoms with Crippen molar-refractivity contribution >= 4 is 11.8 Å². The van der Waals surface area contributed by atoms with Crippen LogP contribution in [-0.4, -0.2) is 54.9 Å². The first-order valence-corrected chi connectivity index (χ1v) is 16.4. The molecule has 6 atom stereocenters. The molecule has 228 valence electrons. The normalized spacial score (nSPS) is 31.3. The van der Waals surface area contributed by atoms with E-state index in [2.05, 4.69) is 13.0 Å². The van der Waals surface area contributed by atoms with E-state index in [1.165, 1.54) is 38.5 Å². The predicted octanol–water partition coefficient (Wildman–Crippen LogP) is 7.36. The van der Waals surface area contributed by atoms with Crippen LogP contribution in [0.4, 0.5) is 0 Å². The monoisotopic (exact) mass is 562 g/mol. The standard InChI is InChI=1S/C33H54O7/c1-2-3-19-33(20-12-21-33)29(40-32-16-9-11-23-38-32)18-17-26-25(13-6-4-5-7-14-30(35)36)27(34)24-28(26)39-31-15-8-10-22-37-31/h4,6,25-26,28-29,31-32H,2-3,5,7-24H2,1H3,(H,35,36)/t25-,26-,28-,29-,31?,32?/m1/s1. The molecule has 0 aromatic carbocycles.